The predicted octanol–water partition coefficient (Wildman–Crippen LogP) is 3.74. The number of nitrogen functional groups attached to an aromatic ring is 1. The van der Waals surface area contributed by atoms with Crippen LogP contribution in [0, 0.1) is 17.3 Å². The first-order chi connectivity index (χ1) is 16.0. The summed E-state index contributed by atoms with van der Waals surface area (Å²) in [5, 5.41) is 8.80. The standard InChI is InChI=1S/C25H29N5O4/c1-15(9-20(26)24(31)34-25(2,3)4)30-13-17(21-22(27)28-14-29-23(21)30)8-7-16-10-18(32-5)12-19(11-16)33-6/h10-15,26H,9H2,1-6H3,(H2,27,28,29)/t15-/m0/s1. The second-order valence-corrected chi connectivity index (χ2v) is 8.79. The molecule has 9 heteroatoms. The van der Waals surface area contributed by atoms with Crippen molar-refractivity contribution >= 4 is 28.5 Å². The lowest BCUT2D eigenvalue weighted by Gasteiger charge is -2.21. The quantitative estimate of drug-likeness (QED) is 0.324. The molecule has 3 N–H and O–H groups in total. The van der Waals surface area contributed by atoms with Crippen LogP contribution in [-0.2, 0) is 9.53 Å². The first kappa shape index (κ1) is 24.6. The van der Waals surface area contributed by atoms with Crippen molar-refractivity contribution in [2.45, 2.75) is 45.8 Å². The number of benzene rings is 1. The molecule has 0 aliphatic rings. The molecule has 0 fully saturated rings. The number of carbonyl (C=O) groups excluding carboxylic acids is 1. The van der Waals surface area contributed by atoms with E-state index in [-0.39, 0.29) is 18.2 Å². The van der Waals surface area contributed by atoms with Crippen LogP contribution in [0.2, 0.25) is 0 Å². The molecule has 0 radical (unpaired) electrons. The molecule has 34 heavy (non-hydrogen) atoms. The lowest BCUT2D eigenvalue weighted by Crippen LogP contribution is -2.29. The fraction of sp³-hybridized carbons (Fsp3) is 0.360. The minimum absolute atomic E-state index is 0.123. The molecule has 0 bridgehead atoms. The van der Waals surface area contributed by atoms with Gasteiger partial charge in [0.1, 0.15) is 40.6 Å². The van der Waals surface area contributed by atoms with Crippen LogP contribution in [-0.4, -0.2) is 46.0 Å². The van der Waals surface area contributed by atoms with Crippen LogP contribution in [0.15, 0.2) is 30.7 Å². The molecule has 0 saturated heterocycles. The lowest BCUT2D eigenvalue weighted by molar-refractivity contribution is -0.146. The highest BCUT2D eigenvalue weighted by Gasteiger charge is 2.23. The van der Waals surface area contributed by atoms with Crippen molar-refractivity contribution in [1.82, 2.24) is 14.5 Å². The summed E-state index contributed by atoms with van der Waals surface area (Å²) < 4.78 is 17.8. The van der Waals surface area contributed by atoms with E-state index in [0.29, 0.717) is 39.5 Å². The van der Waals surface area contributed by atoms with E-state index in [1.807, 2.05) is 17.7 Å². The summed E-state index contributed by atoms with van der Waals surface area (Å²) in [4.78, 5) is 20.8. The van der Waals surface area contributed by atoms with E-state index >= 15 is 0 Å². The van der Waals surface area contributed by atoms with E-state index in [1.165, 1.54) is 6.33 Å². The molecule has 9 nitrogen and oxygen atoms in total. The van der Waals surface area contributed by atoms with Crippen molar-refractivity contribution in [3.63, 3.8) is 0 Å². The SMILES string of the molecule is COc1cc(C#Cc2cn([C@@H](C)CC(=N)C(=O)OC(C)(C)C)c3ncnc(N)c23)cc(OC)c1. The number of esters is 1. The minimum Gasteiger partial charge on any atom is -0.497 e. The van der Waals surface area contributed by atoms with E-state index in [4.69, 9.17) is 25.4 Å². The van der Waals surface area contributed by atoms with Gasteiger partial charge in [0, 0.05) is 30.3 Å². The zero-order chi connectivity index (χ0) is 25.0. The van der Waals surface area contributed by atoms with E-state index < -0.39 is 11.6 Å². The third-order valence-corrected chi connectivity index (χ3v) is 4.95. The molecular weight excluding hydrogens is 434 g/mol. The molecular formula is C25H29N5O4. The highest BCUT2D eigenvalue weighted by Crippen LogP contribution is 2.28. The van der Waals surface area contributed by atoms with Gasteiger partial charge in [0.25, 0.3) is 0 Å². The number of hydrogen-bond acceptors (Lipinski definition) is 8. The molecule has 3 aromatic rings. The summed E-state index contributed by atoms with van der Waals surface area (Å²) in [5.41, 5.74) is 7.28. The Morgan fingerprint density at radius 1 is 1.15 bits per heavy atom. The molecule has 2 aromatic heterocycles. The van der Waals surface area contributed by atoms with Crippen LogP contribution in [0.1, 0.15) is 51.3 Å². The molecule has 0 unspecified atom stereocenters. The van der Waals surface area contributed by atoms with Crippen molar-refractivity contribution in [3.05, 3.63) is 41.9 Å². The molecule has 1 aromatic carbocycles. The molecule has 178 valence electrons. The van der Waals surface area contributed by atoms with E-state index in [1.54, 1.807) is 53.2 Å². The molecule has 3 rings (SSSR count). The molecule has 0 aliphatic heterocycles. The van der Waals surface area contributed by atoms with E-state index in [9.17, 15) is 4.79 Å². The number of rotatable bonds is 6. The maximum atomic E-state index is 12.3. The van der Waals surface area contributed by atoms with Crippen LogP contribution in [0.5, 0.6) is 11.5 Å². The van der Waals surface area contributed by atoms with Crippen LogP contribution >= 0.6 is 0 Å². The number of aromatic nitrogens is 3. The Hall–Kier alpha value is -4.06. The third kappa shape index (κ3) is 5.64. The summed E-state index contributed by atoms with van der Waals surface area (Å²) in [5.74, 6) is 7.17. The van der Waals surface area contributed by atoms with Gasteiger partial charge in [-0.25, -0.2) is 14.8 Å². The first-order valence-corrected chi connectivity index (χ1v) is 10.7. The van der Waals surface area contributed by atoms with Crippen molar-refractivity contribution in [2.24, 2.45) is 0 Å². The number of carbonyl (C=O) groups is 1. The monoisotopic (exact) mass is 463 g/mol. The fourth-order valence-electron chi connectivity index (χ4n) is 3.38. The Morgan fingerprint density at radius 3 is 2.38 bits per heavy atom. The summed E-state index contributed by atoms with van der Waals surface area (Å²) in [6.45, 7) is 7.19. The number of methoxy groups -OCH3 is 2. The summed E-state index contributed by atoms with van der Waals surface area (Å²) in [6.07, 6.45) is 3.35. The van der Waals surface area contributed by atoms with Gasteiger partial charge in [-0.1, -0.05) is 11.8 Å². The van der Waals surface area contributed by atoms with Gasteiger partial charge in [-0.15, -0.1) is 0 Å². The number of fused-ring (bicyclic) bond motifs is 1. The van der Waals surface area contributed by atoms with Crippen molar-refractivity contribution in [1.29, 1.82) is 5.41 Å². The van der Waals surface area contributed by atoms with E-state index in [2.05, 4.69) is 21.8 Å². The second kappa shape index (κ2) is 9.83. The Labute approximate surface area is 198 Å². The lowest BCUT2D eigenvalue weighted by atomic mass is 10.1. The molecule has 0 aliphatic carbocycles. The predicted molar refractivity (Wildman–Crippen MR) is 130 cm³/mol. The van der Waals surface area contributed by atoms with Gasteiger partial charge in [0.05, 0.1) is 25.2 Å². The van der Waals surface area contributed by atoms with Crippen LogP contribution < -0.4 is 15.2 Å². The second-order valence-electron chi connectivity index (χ2n) is 8.79. The Bertz CT molecular complexity index is 1270. The van der Waals surface area contributed by atoms with Crippen molar-refractivity contribution in [2.75, 3.05) is 20.0 Å². The van der Waals surface area contributed by atoms with Gasteiger partial charge >= 0.3 is 5.97 Å². The van der Waals surface area contributed by atoms with Crippen molar-refractivity contribution < 1.29 is 19.0 Å². The molecule has 0 spiro atoms. The number of nitrogens with zero attached hydrogens (tertiary/aromatic N) is 3. The normalized spacial score (nSPS) is 11.9. The molecule has 0 saturated carbocycles. The number of hydrogen-bond donors (Lipinski definition) is 2. The highest BCUT2D eigenvalue weighted by atomic mass is 16.6. The number of nitrogens with one attached hydrogen (secondary N) is 1. The fourth-order valence-corrected chi connectivity index (χ4v) is 3.38. The van der Waals surface area contributed by atoms with Gasteiger partial charge < -0.3 is 24.5 Å². The average molecular weight is 464 g/mol. The smallest absolute Gasteiger partial charge is 0.352 e. The van der Waals surface area contributed by atoms with Gasteiger partial charge in [-0.2, -0.15) is 0 Å². The zero-order valence-corrected chi connectivity index (χ0v) is 20.2. The first-order valence-electron chi connectivity index (χ1n) is 10.7. The maximum Gasteiger partial charge on any atom is 0.352 e. The average Bonchev–Trinajstić information content (AvgIpc) is 3.16. The Balaban J connectivity index is 1.97. The number of anilines is 1. The maximum absolute atomic E-state index is 12.3. The number of nitrogens with two attached hydrogens (primary N) is 1. The number of ether oxygens (including phenoxy) is 3. The van der Waals surface area contributed by atoms with Gasteiger partial charge in [-0.05, 0) is 39.8 Å². The van der Waals surface area contributed by atoms with Crippen LogP contribution in [0.3, 0.4) is 0 Å². The largest absolute Gasteiger partial charge is 0.497 e. The van der Waals surface area contributed by atoms with Crippen molar-refractivity contribution in [3.8, 4) is 23.3 Å². The summed E-state index contributed by atoms with van der Waals surface area (Å²) >= 11 is 0. The minimum atomic E-state index is -0.667. The third-order valence-electron chi connectivity index (χ3n) is 4.95. The highest BCUT2D eigenvalue weighted by molar-refractivity contribution is 6.35. The Morgan fingerprint density at radius 2 is 1.79 bits per heavy atom. The van der Waals surface area contributed by atoms with Crippen LogP contribution in [0.4, 0.5) is 5.82 Å². The Kier molecular flexibility index (Phi) is 7.11. The summed E-state index contributed by atoms with van der Waals surface area (Å²) in [6, 6.07) is 5.10. The molecule has 2 heterocycles. The van der Waals surface area contributed by atoms with Gasteiger partial charge in [-0.3, -0.25) is 5.41 Å². The topological polar surface area (TPSA) is 125 Å². The molecule has 1 atom stereocenters. The van der Waals surface area contributed by atoms with Gasteiger partial charge in [0.15, 0.2) is 0 Å². The van der Waals surface area contributed by atoms with E-state index in [0.717, 1.165) is 0 Å². The van der Waals surface area contributed by atoms with Gasteiger partial charge in [0.2, 0.25) is 0 Å². The zero-order valence-electron chi connectivity index (χ0n) is 20.2. The van der Waals surface area contributed by atoms with Crippen LogP contribution in [0.25, 0.3) is 11.0 Å². The molecule has 0 amide bonds. The summed E-state index contributed by atoms with van der Waals surface area (Å²) in [7, 11) is 3.15.